The Morgan fingerprint density at radius 2 is 0.846 bits per heavy atom. The van der Waals surface area contributed by atoms with Gasteiger partial charge in [-0.2, -0.15) is 0 Å². The van der Waals surface area contributed by atoms with Crippen LogP contribution in [0.4, 0.5) is 0 Å². The molecule has 0 aliphatic heterocycles. The van der Waals surface area contributed by atoms with E-state index in [1.165, 1.54) is 22.3 Å². The van der Waals surface area contributed by atoms with E-state index in [0.29, 0.717) is 0 Å². The summed E-state index contributed by atoms with van der Waals surface area (Å²) in [6.45, 7) is 4.41. The number of nitrogens with zero attached hydrogens (tertiary/aromatic N) is 6. The third-order valence-electron chi connectivity index (χ3n) is 10.2. The van der Waals surface area contributed by atoms with Crippen molar-refractivity contribution in [2.45, 2.75) is 13.8 Å². The van der Waals surface area contributed by atoms with E-state index in [1.807, 2.05) is 73.3 Å². The summed E-state index contributed by atoms with van der Waals surface area (Å²) in [5, 5.41) is 2.22. The van der Waals surface area contributed by atoms with Gasteiger partial charge in [0.2, 0.25) is 0 Å². The molecule has 10 aromatic rings. The molecule has 0 aliphatic carbocycles. The molecule has 246 valence electrons. The second-order valence-corrected chi connectivity index (χ2v) is 13.3. The first-order valence-corrected chi connectivity index (χ1v) is 17.5. The molecule has 6 aromatic heterocycles. The van der Waals surface area contributed by atoms with E-state index in [9.17, 15) is 0 Å². The number of aryl methyl sites for hydroxylation is 2. The number of hydrogen-bond donors (Lipinski definition) is 0. The van der Waals surface area contributed by atoms with Gasteiger partial charge in [0.1, 0.15) is 0 Å². The first-order chi connectivity index (χ1) is 25.6. The summed E-state index contributed by atoms with van der Waals surface area (Å²) < 4.78 is 4.64. The molecule has 4 aromatic carbocycles. The highest BCUT2D eigenvalue weighted by molar-refractivity contribution is 6.09. The number of aromatic nitrogens is 6. The maximum Gasteiger partial charge on any atom is 0.0963 e. The lowest BCUT2D eigenvalue weighted by Crippen LogP contribution is -1.98. The fourth-order valence-corrected chi connectivity index (χ4v) is 7.79. The lowest BCUT2D eigenvalue weighted by molar-refractivity contribution is 1.16. The van der Waals surface area contributed by atoms with Gasteiger partial charge in [0.15, 0.2) is 0 Å². The highest BCUT2D eigenvalue weighted by atomic mass is 15.0. The minimum absolute atomic E-state index is 0.951. The maximum atomic E-state index is 4.82. The van der Waals surface area contributed by atoms with Crippen molar-refractivity contribution in [3.63, 3.8) is 0 Å². The predicted molar refractivity (Wildman–Crippen MR) is 212 cm³/mol. The number of fused-ring (bicyclic) bond motifs is 6. The van der Waals surface area contributed by atoms with E-state index in [0.717, 1.165) is 77.8 Å². The van der Waals surface area contributed by atoms with Gasteiger partial charge in [-0.15, -0.1) is 0 Å². The Hall–Kier alpha value is -6.92. The predicted octanol–water partition coefficient (Wildman–Crippen LogP) is 11.1. The number of hydrogen-bond acceptors (Lipinski definition) is 4. The van der Waals surface area contributed by atoms with Gasteiger partial charge in [-0.05, 0) is 133 Å². The lowest BCUT2D eigenvalue weighted by atomic mass is 9.95. The van der Waals surface area contributed by atoms with Crippen LogP contribution in [0.3, 0.4) is 0 Å². The van der Waals surface area contributed by atoms with Crippen LogP contribution in [-0.2, 0) is 0 Å². The SMILES string of the molecule is Cc1cc(-n2c3ccc(-c4ccccn4)cc3c3ncccc32)ccc1-c1ccc(-n2c3ccc(-c4ccccn4)cc3c3ncccc32)cc1C. The van der Waals surface area contributed by atoms with E-state index in [-0.39, 0.29) is 0 Å². The smallest absolute Gasteiger partial charge is 0.0963 e. The van der Waals surface area contributed by atoms with Crippen molar-refractivity contribution >= 4 is 43.9 Å². The van der Waals surface area contributed by atoms with E-state index < -0.39 is 0 Å². The molecule has 0 fully saturated rings. The Labute approximate surface area is 300 Å². The van der Waals surface area contributed by atoms with Crippen molar-refractivity contribution in [1.82, 2.24) is 29.1 Å². The highest BCUT2D eigenvalue weighted by Crippen LogP contribution is 2.38. The van der Waals surface area contributed by atoms with E-state index in [4.69, 9.17) is 9.97 Å². The monoisotopic (exact) mass is 668 g/mol. The Morgan fingerprint density at radius 1 is 0.385 bits per heavy atom. The fraction of sp³-hybridized carbons (Fsp3) is 0.0435. The molecule has 0 spiro atoms. The third-order valence-corrected chi connectivity index (χ3v) is 10.2. The topological polar surface area (TPSA) is 61.4 Å². The molecule has 6 heteroatoms. The largest absolute Gasteiger partial charge is 0.308 e. The zero-order valence-corrected chi connectivity index (χ0v) is 28.7. The average Bonchev–Trinajstić information content (AvgIpc) is 3.71. The summed E-state index contributed by atoms with van der Waals surface area (Å²) in [7, 11) is 0. The molecule has 0 atom stereocenters. The molecule has 0 amide bonds. The summed E-state index contributed by atoms with van der Waals surface area (Å²) in [4.78, 5) is 18.8. The van der Waals surface area contributed by atoms with Crippen molar-refractivity contribution in [3.05, 3.63) is 169 Å². The molecule has 0 saturated carbocycles. The molecule has 0 unspecified atom stereocenters. The Morgan fingerprint density at radius 3 is 1.27 bits per heavy atom. The molecule has 10 rings (SSSR count). The van der Waals surface area contributed by atoms with Crippen molar-refractivity contribution in [1.29, 1.82) is 0 Å². The summed E-state index contributed by atoms with van der Waals surface area (Å²) >= 11 is 0. The van der Waals surface area contributed by atoms with Gasteiger partial charge in [-0.3, -0.25) is 19.9 Å². The maximum absolute atomic E-state index is 4.82. The van der Waals surface area contributed by atoms with Crippen LogP contribution in [0.5, 0.6) is 0 Å². The van der Waals surface area contributed by atoms with Gasteiger partial charge in [-0.25, -0.2) is 0 Å². The molecule has 6 heterocycles. The van der Waals surface area contributed by atoms with Crippen LogP contribution in [0.25, 0.3) is 88.9 Å². The second-order valence-electron chi connectivity index (χ2n) is 13.3. The Bertz CT molecular complexity index is 2770. The molecule has 6 nitrogen and oxygen atoms in total. The minimum Gasteiger partial charge on any atom is -0.308 e. The van der Waals surface area contributed by atoms with Gasteiger partial charge in [0, 0.05) is 58.1 Å². The molecule has 0 aliphatic rings. The molecule has 0 N–H and O–H groups in total. The van der Waals surface area contributed by atoms with Crippen LogP contribution < -0.4 is 0 Å². The molecular weight excluding hydrogens is 637 g/mol. The van der Waals surface area contributed by atoms with Crippen molar-refractivity contribution < 1.29 is 0 Å². The Balaban J connectivity index is 1.05. The Kier molecular flexibility index (Phi) is 6.83. The standard InChI is InChI=1S/C46H32N6/c1-29-25-33(51-41-19-13-31(39-9-3-5-21-47-39)27-37(41)45-43(51)11-7-23-49-45)15-17-35(29)36-18-16-34(26-30(36)2)52-42-20-14-32(40-10-4-6-22-48-40)28-38(42)46-44(52)12-8-24-50-46/h3-28H,1-2H3. The molecular formula is C46H32N6. The molecule has 0 bridgehead atoms. The van der Waals surface area contributed by atoms with Crippen LogP contribution in [0.15, 0.2) is 158 Å². The minimum atomic E-state index is 0.951. The fourth-order valence-electron chi connectivity index (χ4n) is 7.79. The van der Waals surface area contributed by atoms with Crippen LogP contribution >= 0.6 is 0 Å². The quantitative estimate of drug-likeness (QED) is 0.183. The average molecular weight is 669 g/mol. The lowest BCUT2D eigenvalue weighted by Gasteiger charge is -2.15. The summed E-state index contributed by atoms with van der Waals surface area (Å²) in [6.07, 6.45) is 7.41. The number of rotatable bonds is 5. The van der Waals surface area contributed by atoms with E-state index >= 15 is 0 Å². The normalized spacial score (nSPS) is 11.7. The zero-order valence-electron chi connectivity index (χ0n) is 28.7. The van der Waals surface area contributed by atoms with Gasteiger partial charge in [-0.1, -0.05) is 36.4 Å². The number of pyridine rings is 4. The second kappa shape index (κ2) is 11.9. The van der Waals surface area contributed by atoms with E-state index in [2.05, 4.69) is 118 Å². The van der Waals surface area contributed by atoms with Crippen molar-refractivity contribution in [2.24, 2.45) is 0 Å². The third kappa shape index (κ3) is 4.72. The van der Waals surface area contributed by atoms with Crippen LogP contribution in [0.2, 0.25) is 0 Å². The molecule has 52 heavy (non-hydrogen) atoms. The van der Waals surface area contributed by atoms with E-state index in [1.54, 1.807) is 0 Å². The van der Waals surface area contributed by atoms with Gasteiger partial charge < -0.3 is 9.13 Å². The van der Waals surface area contributed by atoms with Crippen LogP contribution in [0.1, 0.15) is 11.1 Å². The van der Waals surface area contributed by atoms with Crippen molar-refractivity contribution in [3.8, 4) is 45.0 Å². The van der Waals surface area contributed by atoms with Gasteiger partial charge >= 0.3 is 0 Å². The summed E-state index contributed by atoms with van der Waals surface area (Å²) in [5.41, 5.74) is 17.5. The number of benzene rings is 4. The van der Waals surface area contributed by atoms with Crippen LogP contribution in [0, 0.1) is 13.8 Å². The summed E-state index contributed by atoms with van der Waals surface area (Å²) in [5.74, 6) is 0. The highest BCUT2D eigenvalue weighted by Gasteiger charge is 2.18. The van der Waals surface area contributed by atoms with Gasteiger partial charge in [0.05, 0.1) is 44.5 Å². The molecule has 0 radical (unpaired) electrons. The molecule has 0 saturated heterocycles. The first-order valence-electron chi connectivity index (χ1n) is 17.5. The van der Waals surface area contributed by atoms with Gasteiger partial charge in [0.25, 0.3) is 0 Å². The first kappa shape index (κ1) is 29.9. The zero-order chi connectivity index (χ0) is 34.8. The summed E-state index contributed by atoms with van der Waals surface area (Å²) in [6, 6.07) is 47.0. The van der Waals surface area contributed by atoms with Crippen LogP contribution in [-0.4, -0.2) is 29.1 Å². The van der Waals surface area contributed by atoms with Crippen molar-refractivity contribution in [2.75, 3.05) is 0 Å².